The minimum atomic E-state index is 0.972. The highest BCUT2D eigenvalue weighted by molar-refractivity contribution is 7.99. The number of hydrogen-bond donors (Lipinski definition) is 0. The van der Waals surface area contributed by atoms with Crippen molar-refractivity contribution in [1.82, 2.24) is 4.98 Å². The van der Waals surface area contributed by atoms with Crippen LogP contribution in [0.5, 0.6) is 0 Å². The molecule has 0 aliphatic carbocycles. The zero-order chi connectivity index (χ0) is 9.38. The lowest BCUT2D eigenvalue weighted by atomic mass is 10.1. The molecule has 1 nitrogen and oxygen atoms in total. The Morgan fingerprint density at radius 2 is 1.86 bits per heavy atom. The fraction of sp³-hybridized carbons (Fsp3) is 0.0833. The van der Waals surface area contributed by atoms with Crippen molar-refractivity contribution < 1.29 is 0 Å². The number of hydrogen-bond acceptors (Lipinski definition) is 2. The molecule has 0 atom stereocenters. The van der Waals surface area contributed by atoms with Gasteiger partial charge < -0.3 is 0 Å². The smallest absolute Gasteiger partial charge is 0.0586 e. The van der Waals surface area contributed by atoms with Crippen molar-refractivity contribution in [3.8, 4) is 0 Å². The van der Waals surface area contributed by atoms with Gasteiger partial charge in [0, 0.05) is 22.4 Å². The third kappa shape index (κ3) is 1.23. The molecule has 1 aliphatic heterocycles. The second kappa shape index (κ2) is 3.14. The van der Waals surface area contributed by atoms with E-state index in [-0.39, 0.29) is 0 Å². The molecule has 0 bridgehead atoms. The van der Waals surface area contributed by atoms with E-state index in [2.05, 4.69) is 35.3 Å². The summed E-state index contributed by atoms with van der Waals surface area (Å²) in [4.78, 5) is 7.06. The van der Waals surface area contributed by atoms with Crippen LogP contribution < -0.4 is 0 Å². The molecule has 68 valence electrons. The van der Waals surface area contributed by atoms with E-state index in [9.17, 15) is 0 Å². The first-order valence-electron chi connectivity index (χ1n) is 4.63. The molecule has 14 heavy (non-hydrogen) atoms. The molecule has 0 N–H and O–H groups in total. The molecule has 0 saturated carbocycles. The average Bonchev–Trinajstić information content (AvgIpc) is 2.26. The number of benzene rings is 1. The van der Waals surface area contributed by atoms with E-state index < -0.39 is 0 Å². The van der Waals surface area contributed by atoms with Crippen LogP contribution in [0.4, 0.5) is 0 Å². The Morgan fingerprint density at radius 3 is 2.86 bits per heavy atom. The number of fused-ring (bicyclic) bond motifs is 2. The highest BCUT2D eigenvalue weighted by Gasteiger charge is 2.15. The van der Waals surface area contributed by atoms with E-state index in [1.165, 1.54) is 21.0 Å². The molecule has 2 heteroatoms. The van der Waals surface area contributed by atoms with Crippen molar-refractivity contribution in [2.24, 2.45) is 0 Å². The molecule has 1 aromatic heterocycles. The van der Waals surface area contributed by atoms with Crippen molar-refractivity contribution >= 4 is 11.8 Å². The molecule has 0 spiro atoms. The molecule has 0 saturated heterocycles. The van der Waals surface area contributed by atoms with Gasteiger partial charge in [-0.25, -0.2) is 0 Å². The second-order valence-electron chi connectivity index (χ2n) is 3.33. The normalized spacial score (nSPS) is 13.1. The Morgan fingerprint density at radius 1 is 1.00 bits per heavy atom. The summed E-state index contributed by atoms with van der Waals surface area (Å²) in [5, 5.41) is 0. The fourth-order valence-corrected chi connectivity index (χ4v) is 2.74. The molecule has 1 aromatic carbocycles. The molecule has 2 heterocycles. The summed E-state index contributed by atoms with van der Waals surface area (Å²) in [5.41, 5.74) is 2.60. The monoisotopic (exact) mass is 199 g/mol. The Hall–Kier alpha value is -1.28. The molecule has 2 aromatic rings. The first kappa shape index (κ1) is 8.06. The zero-order valence-electron chi connectivity index (χ0n) is 7.60. The van der Waals surface area contributed by atoms with Crippen LogP contribution in [0.15, 0.2) is 52.4 Å². The van der Waals surface area contributed by atoms with Gasteiger partial charge in [-0.3, -0.25) is 4.98 Å². The summed E-state index contributed by atoms with van der Waals surface area (Å²) in [6.07, 6.45) is 2.84. The number of aromatic nitrogens is 1. The average molecular weight is 199 g/mol. The first-order valence-corrected chi connectivity index (χ1v) is 5.45. The highest BCUT2D eigenvalue weighted by Crippen LogP contribution is 2.37. The van der Waals surface area contributed by atoms with Crippen LogP contribution >= 0.6 is 11.8 Å². The summed E-state index contributed by atoms with van der Waals surface area (Å²) in [6, 6.07) is 12.7. The largest absolute Gasteiger partial charge is 0.260 e. The van der Waals surface area contributed by atoms with Gasteiger partial charge in [0.1, 0.15) is 0 Å². The maximum atomic E-state index is 4.40. The minimum absolute atomic E-state index is 0.972. The van der Waals surface area contributed by atoms with Gasteiger partial charge in [0.2, 0.25) is 0 Å². The van der Waals surface area contributed by atoms with E-state index in [1.807, 2.05) is 24.0 Å². The van der Waals surface area contributed by atoms with Crippen LogP contribution in [0, 0.1) is 0 Å². The summed E-state index contributed by atoms with van der Waals surface area (Å²) in [7, 11) is 0. The van der Waals surface area contributed by atoms with Crippen molar-refractivity contribution in [3.05, 3.63) is 53.9 Å². The molecule has 0 unspecified atom stereocenters. The van der Waals surface area contributed by atoms with Crippen LogP contribution in [-0.4, -0.2) is 4.98 Å². The predicted molar refractivity (Wildman–Crippen MR) is 57.6 cm³/mol. The third-order valence-corrected chi connectivity index (χ3v) is 3.61. The SMILES string of the molecule is c1ccc2c(c1)Cc1ncccc1S2. The standard InChI is InChI=1S/C12H9NS/c1-2-5-11-9(4-1)8-10-12(14-11)6-3-7-13-10/h1-7H,8H2. The van der Waals surface area contributed by atoms with E-state index in [1.54, 1.807) is 0 Å². The van der Waals surface area contributed by atoms with Gasteiger partial charge in [-0.1, -0.05) is 30.0 Å². The Balaban J connectivity index is 2.12. The molecular formula is C12H9NS. The van der Waals surface area contributed by atoms with Gasteiger partial charge in [0.15, 0.2) is 0 Å². The lowest BCUT2D eigenvalue weighted by Gasteiger charge is -2.16. The number of rotatable bonds is 0. The van der Waals surface area contributed by atoms with Gasteiger partial charge >= 0.3 is 0 Å². The molecule has 1 aliphatic rings. The van der Waals surface area contributed by atoms with Crippen LogP contribution in [0.1, 0.15) is 11.3 Å². The van der Waals surface area contributed by atoms with E-state index in [0.29, 0.717) is 0 Å². The van der Waals surface area contributed by atoms with E-state index >= 15 is 0 Å². The van der Waals surface area contributed by atoms with Crippen LogP contribution in [-0.2, 0) is 6.42 Å². The van der Waals surface area contributed by atoms with Gasteiger partial charge in [-0.05, 0) is 23.8 Å². The Bertz CT molecular complexity index is 392. The molecule has 0 radical (unpaired) electrons. The Kier molecular flexibility index (Phi) is 1.81. The fourth-order valence-electron chi connectivity index (χ4n) is 1.70. The highest BCUT2D eigenvalue weighted by atomic mass is 32.2. The number of nitrogens with zero attached hydrogens (tertiary/aromatic N) is 1. The Labute approximate surface area is 87.2 Å². The second-order valence-corrected chi connectivity index (χ2v) is 4.42. The lowest BCUT2D eigenvalue weighted by Crippen LogP contribution is -2.00. The molecular weight excluding hydrogens is 190 g/mol. The van der Waals surface area contributed by atoms with Gasteiger partial charge in [-0.15, -0.1) is 0 Å². The molecule has 0 fully saturated rings. The van der Waals surface area contributed by atoms with Crippen molar-refractivity contribution in [1.29, 1.82) is 0 Å². The van der Waals surface area contributed by atoms with Gasteiger partial charge in [0.25, 0.3) is 0 Å². The van der Waals surface area contributed by atoms with Crippen LogP contribution in [0.3, 0.4) is 0 Å². The maximum absolute atomic E-state index is 4.40. The van der Waals surface area contributed by atoms with Crippen LogP contribution in [0.2, 0.25) is 0 Å². The van der Waals surface area contributed by atoms with Crippen LogP contribution in [0.25, 0.3) is 0 Å². The minimum Gasteiger partial charge on any atom is -0.260 e. The van der Waals surface area contributed by atoms with Crippen molar-refractivity contribution in [3.63, 3.8) is 0 Å². The number of pyridine rings is 1. The third-order valence-electron chi connectivity index (χ3n) is 2.40. The summed E-state index contributed by atoms with van der Waals surface area (Å²) >= 11 is 1.82. The predicted octanol–water partition coefficient (Wildman–Crippen LogP) is 3.14. The van der Waals surface area contributed by atoms with Gasteiger partial charge in [0.05, 0.1) is 5.69 Å². The zero-order valence-corrected chi connectivity index (χ0v) is 8.42. The van der Waals surface area contributed by atoms with Crippen molar-refractivity contribution in [2.75, 3.05) is 0 Å². The van der Waals surface area contributed by atoms with Crippen molar-refractivity contribution in [2.45, 2.75) is 16.2 Å². The summed E-state index contributed by atoms with van der Waals surface area (Å²) in [5.74, 6) is 0. The van der Waals surface area contributed by atoms with E-state index in [4.69, 9.17) is 0 Å². The molecule has 3 rings (SSSR count). The van der Waals surface area contributed by atoms with Gasteiger partial charge in [-0.2, -0.15) is 0 Å². The lowest BCUT2D eigenvalue weighted by molar-refractivity contribution is 0.971. The summed E-state index contributed by atoms with van der Waals surface area (Å²) < 4.78 is 0. The molecule has 0 amide bonds. The quantitative estimate of drug-likeness (QED) is 0.551. The van der Waals surface area contributed by atoms with E-state index in [0.717, 1.165) is 6.42 Å². The summed E-state index contributed by atoms with van der Waals surface area (Å²) in [6.45, 7) is 0. The maximum Gasteiger partial charge on any atom is 0.0586 e. The topological polar surface area (TPSA) is 12.9 Å². The first-order chi connectivity index (χ1) is 6.93.